The first-order valence-corrected chi connectivity index (χ1v) is 5.25. The minimum atomic E-state index is -4.35. The molecule has 0 aliphatic carbocycles. The van der Waals surface area contributed by atoms with Crippen molar-refractivity contribution in [3.05, 3.63) is 0 Å². The highest BCUT2D eigenvalue weighted by molar-refractivity contribution is 7.80. The highest BCUT2D eigenvalue weighted by atomic mass is 32.3. The summed E-state index contributed by atoms with van der Waals surface area (Å²) in [5, 5.41) is 15.8. The van der Waals surface area contributed by atoms with Gasteiger partial charge in [-0.3, -0.25) is 4.55 Å². The maximum absolute atomic E-state index is 9.89. The van der Waals surface area contributed by atoms with Crippen LogP contribution in [0.5, 0.6) is 0 Å². The minimum Gasteiger partial charge on any atom is -0.412 e. The third-order valence-electron chi connectivity index (χ3n) is 0.696. The van der Waals surface area contributed by atoms with Gasteiger partial charge in [0.25, 0.3) is 0 Å². The maximum atomic E-state index is 9.89. The van der Waals surface area contributed by atoms with E-state index in [1.165, 1.54) is 0 Å². The topological polar surface area (TPSA) is 145 Å². The predicted octanol–water partition coefficient (Wildman–Crippen LogP) is -2.01. The Morgan fingerprint density at radius 3 is 1.93 bits per heavy atom. The summed E-state index contributed by atoms with van der Waals surface area (Å²) in [6.07, 6.45) is 0. The Hall–Kier alpha value is -0.290. The monoisotopic (exact) mass is 250 g/mol. The van der Waals surface area contributed by atoms with E-state index in [0.717, 1.165) is 0 Å². The first kappa shape index (κ1) is 20.2. The zero-order chi connectivity index (χ0) is 11.4. The molecule has 0 aliphatic heterocycles. The van der Waals surface area contributed by atoms with Crippen LogP contribution in [0.4, 0.5) is 0 Å². The molecule has 0 radical (unpaired) electrons. The van der Waals surface area contributed by atoms with Crippen molar-refractivity contribution in [3.8, 4) is 0 Å². The van der Waals surface area contributed by atoms with Crippen molar-refractivity contribution in [2.45, 2.75) is 6.92 Å². The lowest BCUT2D eigenvalue weighted by molar-refractivity contribution is 0.0691. The first-order chi connectivity index (χ1) is 6.47. The molecule has 9 heteroatoms. The van der Waals surface area contributed by atoms with E-state index in [4.69, 9.17) is 14.8 Å². The molecule has 0 aliphatic rings. The first-order valence-electron chi connectivity index (χ1n) is 3.89. The van der Waals surface area contributed by atoms with Crippen molar-refractivity contribution >= 4 is 10.4 Å². The van der Waals surface area contributed by atoms with Crippen LogP contribution in [0.3, 0.4) is 0 Å². The Morgan fingerprint density at radius 1 is 1.13 bits per heavy atom. The van der Waals surface area contributed by atoms with Crippen LogP contribution in [0, 0.1) is 0 Å². The summed E-state index contributed by atoms with van der Waals surface area (Å²) in [5.41, 5.74) is 0. The molecule has 15 heavy (non-hydrogen) atoms. The van der Waals surface area contributed by atoms with Crippen LogP contribution in [0.2, 0.25) is 0 Å². The minimum absolute atomic E-state index is 0. The summed E-state index contributed by atoms with van der Waals surface area (Å²) >= 11 is 0. The Labute approximate surface area is 88.7 Å². The molecule has 0 aromatic carbocycles. The van der Waals surface area contributed by atoms with Gasteiger partial charge < -0.3 is 20.4 Å². The van der Waals surface area contributed by atoms with Crippen molar-refractivity contribution in [2.24, 2.45) is 0 Å². The maximum Gasteiger partial charge on any atom is 0.397 e. The van der Waals surface area contributed by atoms with Gasteiger partial charge >= 0.3 is 10.4 Å². The summed E-state index contributed by atoms with van der Waals surface area (Å²) in [6.45, 7) is 1.68. The average Bonchev–Trinajstić information content (AvgIpc) is 2.03. The standard InChI is InChI=1S/C4H10O6S.C2H6O.H2O/c5-1-2-9-3-4-10-11(6,7)8;1-2-3;/h5H,1-4H2,(H,6,7,8);3H,2H2,1H3;1H2. The van der Waals surface area contributed by atoms with Gasteiger partial charge in [0.2, 0.25) is 0 Å². The molecule has 0 saturated carbocycles. The van der Waals surface area contributed by atoms with Gasteiger partial charge in [-0.25, -0.2) is 4.18 Å². The van der Waals surface area contributed by atoms with Gasteiger partial charge in [0.05, 0.1) is 26.4 Å². The second kappa shape index (κ2) is 13.7. The number of hydrogen-bond donors (Lipinski definition) is 3. The SMILES string of the molecule is CCO.O.O=S(=O)(O)OCCOCCO. The molecule has 0 saturated heterocycles. The van der Waals surface area contributed by atoms with E-state index in [0.29, 0.717) is 0 Å². The van der Waals surface area contributed by atoms with Gasteiger partial charge in [0, 0.05) is 6.61 Å². The van der Waals surface area contributed by atoms with Crippen molar-refractivity contribution in [3.63, 3.8) is 0 Å². The van der Waals surface area contributed by atoms with Crippen molar-refractivity contribution < 1.29 is 37.6 Å². The molecule has 0 fully saturated rings. The summed E-state index contributed by atoms with van der Waals surface area (Å²) < 4.78 is 36.3. The van der Waals surface area contributed by atoms with E-state index in [1.807, 2.05) is 0 Å². The molecule has 8 nitrogen and oxygen atoms in total. The fourth-order valence-corrected chi connectivity index (χ4v) is 0.644. The van der Waals surface area contributed by atoms with E-state index >= 15 is 0 Å². The third kappa shape index (κ3) is 31.6. The van der Waals surface area contributed by atoms with E-state index in [9.17, 15) is 8.42 Å². The molecule has 0 aromatic heterocycles. The quantitative estimate of drug-likeness (QED) is 0.364. The fourth-order valence-electron chi connectivity index (χ4n) is 0.365. The van der Waals surface area contributed by atoms with Gasteiger partial charge in [-0.05, 0) is 6.92 Å². The Balaban J connectivity index is -0.000000320. The largest absolute Gasteiger partial charge is 0.412 e. The molecule has 0 heterocycles. The van der Waals surface area contributed by atoms with Gasteiger partial charge in [-0.1, -0.05) is 0 Å². The number of ether oxygens (including phenoxy) is 1. The fraction of sp³-hybridized carbons (Fsp3) is 1.00. The Kier molecular flexibility index (Phi) is 18.4. The molecule has 0 bridgehead atoms. The summed E-state index contributed by atoms with van der Waals surface area (Å²) in [6, 6.07) is 0. The molecule has 0 atom stereocenters. The molecule has 0 amide bonds. The molecule has 0 spiro atoms. The number of aliphatic hydroxyl groups is 2. The van der Waals surface area contributed by atoms with E-state index in [1.54, 1.807) is 6.92 Å². The molecule has 5 N–H and O–H groups in total. The summed E-state index contributed by atoms with van der Waals surface area (Å²) in [7, 11) is -4.35. The molecule has 96 valence electrons. The predicted molar refractivity (Wildman–Crippen MR) is 51.8 cm³/mol. The van der Waals surface area contributed by atoms with Gasteiger partial charge in [0.15, 0.2) is 0 Å². The second-order valence-electron chi connectivity index (χ2n) is 1.90. The third-order valence-corrected chi connectivity index (χ3v) is 1.16. The molecule has 0 aromatic rings. The van der Waals surface area contributed by atoms with Gasteiger partial charge in [-0.2, -0.15) is 8.42 Å². The Morgan fingerprint density at radius 2 is 1.60 bits per heavy atom. The van der Waals surface area contributed by atoms with E-state index in [-0.39, 0.29) is 38.5 Å². The van der Waals surface area contributed by atoms with Crippen LogP contribution in [0.15, 0.2) is 0 Å². The highest BCUT2D eigenvalue weighted by Gasteiger charge is 2.02. The van der Waals surface area contributed by atoms with E-state index in [2.05, 4.69) is 8.92 Å². The lowest BCUT2D eigenvalue weighted by Gasteiger charge is -2.00. The second-order valence-corrected chi connectivity index (χ2v) is 2.99. The van der Waals surface area contributed by atoms with Crippen LogP contribution < -0.4 is 0 Å². The van der Waals surface area contributed by atoms with Crippen molar-refractivity contribution in [1.82, 2.24) is 0 Å². The lowest BCUT2D eigenvalue weighted by atomic mass is 10.7. The van der Waals surface area contributed by atoms with Gasteiger partial charge in [0.1, 0.15) is 0 Å². The van der Waals surface area contributed by atoms with Crippen LogP contribution in [-0.2, 0) is 19.3 Å². The molecular formula is C6H18O8S. The van der Waals surface area contributed by atoms with Crippen LogP contribution in [0.1, 0.15) is 6.92 Å². The number of hydrogen-bond acceptors (Lipinski definition) is 6. The average molecular weight is 250 g/mol. The molecular weight excluding hydrogens is 232 g/mol. The van der Waals surface area contributed by atoms with Gasteiger partial charge in [-0.15, -0.1) is 0 Å². The summed E-state index contributed by atoms with van der Waals surface area (Å²) in [4.78, 5) is 0. The smallest absolute Gasteiger partial charge is 0.397 e. The normalized spacial score (nSPS) is 9.87. The van der Waals surface area contributed by atoms with Crippen molar-refractivity contribution in [1.29, 1.82) is 0 Å². The summed E-state index contributed by atoms with van der Waals surface area (Å²) in [5.74, 6) is 0. The lowest BCUT2D eigenvalue weighted by Crippen LogP contribution is -2.11. The van der Waals surface area contributed by atoms with Crippen LogP contribution in [-0.4, -0.2) is 61.7 Å². The zero-order valence-electron chi connectivity index (χ0n) is 8.42. The highest BCUT2D eigenvalue weighted by Crippen LogP contribution is 1.85. The van der Waals surface area contributed by atoms with Crippen LogP contribution >= 0.6 is 0 Å². The van der Waals surface area contributed by atoms with Crippen LogP contribution in [0.25, 0.3) is 0 Å². The van der Waals surface area contributed by atoms with Crippen molar-refractivity contribution in [2.75, 3.05) is 33.0 Å². The Bertz CT molecular complexity index is 189. The molecule has 0 unspecified atom stereocenters. The zero-order valence-corrected chi connectivity index (χ0v) is 9.23. The number of aliphatic hydroxyl groups excluding tert-OH is 2. The number of rotatable bonds is 6. The van der Waals surface area contributed by atoms with E-state index < -0.39 is 10.4 Å². The molecule has 0 rings (SSSR count).